The summed E-state index contributed by atoms with van der Waals surface area (Å²) >= 11 is 6.11. The summed E-state index contributed by atoms with van der Waals surface area (Å²) in [4.78, 5) is 10.9. The van der Waals surface area contributed by atoms with Gasteiger partial charge in [0.1, 0.15) is 11.4 Å². The molecule has 0 fully saturated rings. The van der Waals surface area contributed by atoms with Gasteiger partial charge in [0.25, 0.3) is 0 Å². The summed E-state index contributed by atoms with van der Waals surface area (Å²) < 4.78 is 5.38. The van der Waals surface area contributed by atoms with Crippen molar-refractivity contribution in [2.45, 2.75) is 13.8 Å². The maximum Gasteiger partial charge on any atom is 0.353 e. The van der Waals surface area contributed by atoms with Gasteiger partial charge in [-0.25, -0.2) is 4.79 Å². The van der Waals surface area contributed by atoms with Crippen molar-refractivity contribution in [3.8, 4) is 17.0 Å². The summed E-state index contributed by atoms with van der Waals surface area (Å²) in [5.74, 6) is -0.450. The van der Waals surface area contributed by atoms with Crippen molar-refractivity contribution in [1.29, 1.82) is 0 Å². The van der Waals surface area contributed by atoms with Crippen molar-refractivity contribution in [1.82, 2.24) is 10.2 Å². The minimum atomic E-state index is -1.05. The second-order valence-electron chi connectivity index (χ2n) is 4.18. The molecular formula is C13H13ClN2O3. The molecule has 0 atom stereocenters. The second kappa shape index (κ2) is 4.93. The van der Waals surface area contributed by atoms with E-state index in [0.29, 0.717) is 16.5 Å². The Morgan fingerprint density at radius 2 is 2.11 bits per heavy atom. The van der Waals surface area contributed by atoms with Gasteiger partial charge in [-0.1, -0.05) is 11.6 Å². The molecule has 0 aliphatic carbocycles. The molecule has 2 N–H and O–H groups in total. The first-order chi connectivity index (χ1) is 8.95. The average molecular weight is 281 g/mol. The topological polar surface area (TPSA) is 75.2 Å². The van der Waals surface area contributed by atoms with Gasteiger partial charge in [0.05, 0.1) is 12.8 Å². The smallest absolute Gasteiger partial charge is 0.353 e. The van der Waals surface area contributed by atoms with Crippen LogP contribution >= 0.6 is 11.6 Å². The molecule has 100 valence electrons. The van der Waals surface area contributed by atoms with E-state index in [1.807, 2.05) is 19.9 Å². The van der Waals surface area contributed by atoms with Crippen molar-refractivity contribution >= 4 is 17.6 Å². The van der Waals surface area contributed by atoms with Crippen LogP contribution in [0.2, 0.25) is 5.02 Å². The van der Waals surface area contributed by atoms with Crippen LogP contribution in [-0.2, 0) is 0 Å². The molecule has 1 heterocycles. The molecule has 5 nitrogen and oxygen atoms in total. The van der Waals surface area contributed by atoms with E-state index in [1.165, 1.54) is 6.07 Å². The highest BCUT2D eigenvalue weighted by Gasteiger charge is 2.18. The monoisotopic (exact) mass is 280 g/mol. The number of nitrogens with zero attached hydrogens (tertiary/aromatic N) is 1. The molecule has 0 unspecified atom stereocenters. The van der Waals surface area contributed by atoms with Gasteiger partial charge in [-0.05, 0) is 31.5 Å². The number of nitrogens with one attached hydrogen (secondary N) is 1. The quantitative estimate of drug-likeness (QED) is 0.906. The molecule has 1 aromatic carbocycles. The molecule has 19 heavy (non-hydrogen) atoms. The van der Waals surface area contributed by atoms with Crippen molar-refractivity contribution in [2.24, 2.45) is 0 Å². The number of aryl methyl sites for hydroxylation is 1. The highest BCUT2D eigenvalue weighted by atomic mass is 35.5. The summed E-state index contributed by atoms with van der Waals surface area (Å²) in [6.07, 6.45) is 0. The lowest BCUT2D eigenvalue weighted by Gasteiger charge is -2.14. The number of aromatic nitrogens is 2. The standard InChI is InChI=1S/C13H13ClN2O3/c1-6-4-8(14)7(2)12(19-3)11(6)9-5-10(13(17)18)16-15-9/h4-5H,1-3H3,(H,15,16)(H,17,18). The van der Waals surface area contributed by atoms with E-state index in [4.69, 9.17) is 21.4 Å². The third-order valence-electron chi connectivity index (χ3n) is 2.93. The Labute approximate surface area is 115 Å². The van der Waals surface area contributed by atoms with Gasteiger partial charge in [-0.2, -0.15) is 5.10 Å². The van der Waals surface area contributed by atoms with E-state index in [0.717, 1.165) is 16.7 Å². The third-order valence-corrected chi connectivity index (χ3v) is 3.32. The molecule has 0 aliphatic heterocycles. The summed E-state index contributed by atoms with van der Waals surface area (Å²) in [5, 5.41) is 16.0. The predicted molar refractivity (Wildman–Crippen MR) is 72.0 cm³/mol. The number of carboxylic acid groups (broad SMARTS) is 1. The first kappa shape index (κ1) is 13.4. The summed E-state index contributed by atoms with van der Waals surface area (Å²) in [6.45, 7) is 3.72. The minimum Gasteiger partial charge on any atom is -0.496 e. The molecule has 0 saturated carbocycles. The predicted octanol–water partition coefficient (Wildman–Crippen LogP) is 3.05. The molecule has 1 aromatic heterocycles. The van der Waals surface area contributed by atoms with Gasteiger partial charge in [0.15, 0.2) is 0 Å². The highest BCUT2D eigenvalue weighted by molar-refractivity contribution is 6.31. The molecule has 2 aromatic rings. The molecule has 0 spiro atoms. The first-order valence-corrected chi connectivity index (χ1v) is 5.96. The fourth-order valence-corrected chi connectivity index (χ4v) is 2.23. The third kappa shape index (κ3) is 2.29. The zero-order chi connectivity index (χ0) is 14.2. The van der Waals surface area contributed by atoms with Gasteiger partial charge in [0.2, 0.25) is 0 Å². The lowest BCUT2D eigenvalue weighted by Crippen LogP contribution is -1.96. The largest absolute Gasteiger partial charge is 0.496 e. The van der Waals surface area contributed by atoms with Crippen LogP contribution in [0.1, 0.15) is 21.6 Å². The molecule has 0 bridgehead atoms. The van der Waals surface area contributed by atoms with Crippen LogP contribution in [-0.4, -0.2) is 28.4 Å². The molecular weight excluding hydrogens is 268 g/mol. The van der Waals surface area contributed by atoms with Gasteiger partial charge >= 0.3 is 5.97 Å². The summed E-state index contributed by atoms with van der Waals surface area (Å²) in [5.41, 5.74) is 2.96. The van der Waals surface area contributed by atoms with Crippen LogP contribution in [0, 0.1) is 13.8 Å². The zero-order valence-corrected chi connectivity index (χ0v) is 11.5. The number of H-pyrrole nitrogens is 1. The minimum absolute atomic E-state index is 0.0315. The highest BCUT2D eigenvalue weighted by Crippen LogP contribution is 2.38. The maximum atomic E-state index is 10.9. The summed E-state index contributed by atoms with van der Waals surface area (Å²) in [7, 11) is 1.55. The van der Waals surface area contributed by atoms with Crippen LogP contribution < -0.4 is 4.74 Å². The van der Waals surface area contributed by atoms with E-state index in [2.05, 4.69) is 10.2 Å². The van der Waals surface area contributed by atoms with Crippen LogP contribution in [0.4, 0.5) is 0 Å². The van der Waals surface area contributed by atoms with E-state index in [-0.39, 0.29) is 5.69 Å². The number of hydrogen-bond donors (Lipinski definition) is 2. The Bertz CT molecular complexity index is 650. The number of rotatable bonds is 3. The number of aromatic amines is 1. The Kier molecular flexibility index (Phi) is 3.48. The number of carbonyl (C=O) groups is 1. The van der Waals surface area contributed by atoms with Crippen LogP contribution in [0.15, 0.2) is 12.1 Å². The SMILES string of the molecule is COc1c(C)c(Cl)cc(C)c1-c1cc(C(=O)O)[nH]n1. The molecule has 0 aliphatic rings. The Hall–Kier alpha value is -2.01. The van der Waals surface area contributed by atoms with E-state index < -0.39 is 5.97 Å². The van der Waals surface area contributed by atoms with Gasteiger partial charge in [-0.15, -0.1) is 0 Å². The average Bonchev–Trinajstić information content (AvgIpc) is 2.82. The zero-order valence-electron chi connectivity index (χ0n) is 10.7. The lowest BCUT2D eigenvalue weighted by atomic mass is 10.0. The molecule has 0 radical (unpaired) electrons. The number of aromatic carboxylic acids is 1. The Balaban J connectivity index is 2.66. The maximum absolute atomic E-state index is 10.9. The Morgan fingerprint density at radius 3 is 2.63 bits per heavy atom. The normalized spacial score (nSPS) is 10.5. The van der Waals surface area contributed by atoms with Gasteiger partial charge in [-0.3, -0.25) is 5.10 Å². The first-order valence-electron chi connectivity index (χ1n) is 5.58. The van der Waals surface area contributed by atoms with Crippen molar-refractivity contribution in [2.75, 3.05) is 7.11 Å². The molecule has 0 saturated heterocycles. The second-order valence-corrected chi connectivity index (χ2v) is 4.59. The van der Waals surface area contributed by atoms with Crippen molar-refractivity contribution in [3.63, 3.8) is 0 Å². The number of ether oxygens (including phenoxy) is 1. The van der Waals surface area contributed by atoms with Crippen LogP contribution in [0.3, 0.4) is 0 Å². The van der Waals surface area contributed by atoms with E-state index in [1.54, 1.807) is 7.11 Å². The van der Waals surface area contributed by atoms with E-state index in [9.17, 15) is 4.79 Å². The van der Waals surface area contributed by atoms with Gasteiger partial charge < -0.3 is 9.84 Å². The van der Waals surface area contributed by atoms with Crippen molar-refractivity contribution in [3.05, 3.63) is 34.0 Å². The number of methoxy groups -OCH3 is 1. The number of benzene rings is 1. The summed E-state index contributed by atoms with van der Waals surface area (Å²) in [6, 6.07) is 3.28. The molecule has 2 rings (SSSR count). The van der Waals surface area contributed by atoms with Crippen LogP contribution in [0.5, 0.6) is 5.75 Å². The van der Waals surface area contributed by atoms with E-state index >= 15 is 0 Å². The Morgan fingerprint density at radius 1 is 1.42 bits per heavy atom. The molecule has 0 amide bonds. The van der Waals surface area contributed by atoms with Gasteiger partial charge in [0, 0.05) is 16.1 Å². The van der Waals surface area contributed by atoms with Crippen molar-refractivity contribution < 1.29 is 14.6 Å². The number of carboxylic acids is 1. The fourth-order valence-electron chi connectivity index (χ4n) is 1.98. The lowest BCUT2D eigenvalue weighted by molar-refractivity contribution is 0.0690. The number of halogens is 1. The molecule has 6 heteroatoms. The number of hydrogen-bond acceptors (Lipinski definition) is 3. The fraction of sp³-hybridized carbons (Fsp3) is 0.231. The van der Waals surface area contributed by atoms with Crippen LogP contribution in [0.25, 0.3) is 11.3 Å².